The Morgan fingerprint density at radius 1 is 0.952 bits per heavy atom. The van der Waals surface area contributed by atoms with E-state index in [1.165, 1.54) is 36.0 Å². The van der Waals surface area contributed by atoms with Crippen molar-refractivity contribution < 1.29 is 13.2 Å². The van der Waals surface area contributed by atoms with Gasteiger partial charge in [0.25, 0.3) is 0 Å². The summed E-state index contributed by atoms with van der Waals surface area (Å²) in [5, 5.41) is 3.21. The lowest BCUT2D eigenvalue weighted by atomic mass is 10.1. The van der Waals surface area contributed by atoms with Crippen LogP contribution in [0, 0.1) is 17.5 Å². The molecule has 0 saturated heterocycles. The molecule has 0 saturated carbocycles. The Labute approximate surface area is 126 Å². The number of rotatable bonds is 6. The van der Waals surface area contributed by atoms with E-state index in [1.807, 2.05) is 6.92 Å². The Morgan fingerprint density at radius 2 is 1.57 bits per heavy atom. The summed E-state index contributed by atoms with van der Waals surface area (Å²) in [4.78, 5) is 0.913. The Bertz CT molecular complexity index is 566. The molecular formula is C16H16F3NS. The van der Waals surface area contributed by atoms with E-state index in [0.29, 0.717) is 17.9 Å². The first-order valence-corrected chi connectivity index (χ1v) is 7.65. The summed E-state index contributed by atoms with van der Waals surface area (Å²) in [6.07, 6.45) is 0. The quantitative estimate of drug-likeness (QED) is 0.786. The summed E-state index contributed by atoms with van der Waals surface area (Å²) >= 11 is 1.51. The Morgan fingerprint density at radius 3 is 2.14 bits per heavy atom. The predicted molar refractivity (Wildman–Crippen MR) is 79.9 cm³/mol. The monoisotopic (exact) mass is 311 g/mol. The van der Waals surface area contributed by atoms with Crippen molar-refractivity contribution in [3.05, 3.63) is 65.5 Å². The molecule has 0 aliphatic heterocycles. The second kappa shape index (κ2) is 7.52. The molecule has 0 spiro atoms. The maximum Gasteiger partial charge on any atom is 0.126 e. The summed E-state index contributed by atoms with van der Waals surface area (Å²) in [6.45, 7) is 2.62. The van der Waals surface area contributed by atoms with E-state index in [1.54, 1.807) is 12.1 Å². The highest BCUT2D eigenvalue weighted by atomic mass is 32.2. The third kappa shape index (κ3) is 4.79. The van der Waals surface area contributed by atoms with Crippen LogP contribution in [0.4, 0.5) is 13.2 Å². The van der Waals surface area contributed by atoms with Crippen LogP contribution in [-0.4, -0.2) is 12.3 Å². The molecule has 1 N–H and O–H groups in total. The van der Waals surface area contributed by atoms with E-state index in [0.717, 1.165) is 11.0 Å². The normalized spacial score (nSPS) is 12.4. The van der Waals surface area contributed by atoms with Gasteiger partial charge in [0.15, 0.2) is 0 Å². The third-order valence-electron chi connectivity index (χ3n) is 2.97. The number of hydrogen-bond acceptors (Lipinski definition) is 2. The fourth-order valence-corrected chi connectivity index (χ4v) is 3.00. The molecule has 112 valence electrons. The van der Waals surface area contributed by atoms with Crippen molar-refractivity contribution in [2.45, 2.75) is 17.9 Å². The Kier molecular flexibility index (Phi) is 5.70. The van der Waals surface area contributed by atoms with Gasteiger partial charge in [-0.15, -0.1) is 11.8 Å². The van der Waals surface area contributed by atoms with Gasteiger partial charge < -0.3 is 5.32 Å². The number of benzene rings is 2. The molecule has 2 aromatic carbocycles. The first-order chi connectivity index (χ1) is 10.1. The predicted octanol–water partition coefficient (Wildman–Crippen LogP) is 4.55. The van der Waals surface area contributed by atoms with E-state index < -0.39 is 11.6 Å². The minimum atomic E-state index is -0.584. The average Bonchev–Trinajstić information content (AvgIpc) is 2.44. The maximum absolute atomic E-state index is 13.3. The maximum atomic E-state index is 13.3. The lowest BCUT2D eigenvalue weighted by molar-refractivity contribution is 0.558. The van der Waals surface area contributed by atoms with Gasteiger partial charge in [-0.05, 0) is 48.5 Å². The van der Waals surface area contributed by atoms with Gasteiger partial charge in [-0.2, -0.15) is 0 Å². The van der Waals surface area contributed by atoms with Crippen LogP contribution >= 0.6 is 11.8 Å². The van der Waals surface area contributed by atoms with Crippen molar-refractivity contribution in [2.24, 2.45) is 0 Å². The molecule has 0 fully saturated rings. The van der Waals surface area contributed by atoms with E-state index in [-0.39, 0.29) is 11.9 Å². The van der Waals surface area contributed by atoms with Gasteiger partial charge in [0, 0.05) is 22.8 Å². The number of halogens is 3. The molecule has 1 nitrogen and oxygen atoms in total. The number of hydrogen-bond donors (Lipinski definition) is 1. The summed E-state index contributed by atoms with van der Waals surface area (Å²) in [5.41, 5.74) is 0.573. The van der Waals surface area contributed by atoms with Crippen molar-refractivity contribution in [3.8, 4) is 0 Å². The van der Waals surface area contributed by atoms with Gasteiger partial charge in [-0.1, -0.05) is 6.92 Å². The largest absolute Gasteiger partial charge is 0.309 e. The van der Waals surface area contributed by atoms with Crippen LogP contribution in [0.25, 0.3) is 0 Å². The number of nitrogens with one attached hydrogen (secondary N) is 1. The van der Waals surface area contributed by atoms with Crippen LogP contribution in [0.1, 0.15) is 18.5 Å². The molecule has 0 aliphatic rings. The topological polar surface area (TPSA) is 12.0 Å². The minimum absolute atomic E-state index is 0.171. The van der Waals surface area contributed by atoms with Crippen LogP contribution < -0.4 is 5.32 Å². The fraction of sp³-hybridized carbons (Fsp3) is 0.250. The highest BCUT2D eigenvalue weighted by Gasteiger charge is 2.13. The molecule has 0 aromatic heterocycles. The molecule has 2 aromatic rings. The molecule has 1 atom stereocenters. The zero-order valence-corrected chi connectivity index (χ0v) is 12.4. The molecular weight excluding hydrogens is 295 g/mol. The highest BCUT2D eigenvalue weighted by Crippen LogP contribution is 2.26. The smallest absolute Gasteiger partial charge is 0.126 e. The van der Waals surface area contributed by atoms with Crippen LogP contribution in [0.5, 0.6) is 0 Å². The average molecular weight is 311 g/mol. The van der Waals surface area contributed by atoms with Crippen LogP contribution in [0.3, 0.4) is 0 Å². The molecule has 0 aliphatic carbocycles. The molecule has 0 bridgehead atoms. The fourth-order valence-electron chi connectivity index (χ4n) is 2.01. The van der Waals surface area contributed by atoms with Gasteiger partial charge in [-0.3, -0.25) is 0 Å². The minimum Gasteiger partial charge on any atom is -0.309 e. The number of thioether (sulfide) groups is 1. The summed E-state index contributed by atoms with van der Waals surface area (Å²) < 4.78 is 39.5. The van der Waals surface area contributed by atoms with E-state index in [2.05, 4.69) is 5.32 Å². The Balaban J connectivity index is 2.09. The lowest BCUT2D eigenvalue weighted by Crippen LogP contribution is -2.23. The molecule has 0 radical (unpaired) electrons. The Hall–Kier alpha value is -1.46. The zero-order valence-electron chi connectivity index (χ0n) is 11.6. The van der Waals surface area contributed by atoms with E-state index >= 15 is 0 Å². The molecule has 21 heavy (non-hydrogen) atoms. The molecule has 1 unspecified atom stereocenters. The first kappa shape index (κ1) is 15.9. The van der Waals surface area contributed by atoms with Gasteiger partial charge in [0.2, 0.25) is 0 Å². The van der Waals surface area contributed by atoms with Gasteiger partial charge in [-0.25, -0.2) is 13.2 Å². The van der Waals surface area contributed by atoms with Crippen LogP contribution in [-0.2, 0) is 0 Å². The van der Waals surface area contributed by atoms with Crippen molar-refractivity contribution >= 4 is 11.8 Å². The molecule has 5 heteroatoms. The summed E-state index contributed by atoms with van der Waals surface area (Å²) in [5.74, 6) is -0.850. The molecule has 2 rings (SSSR count). The second-order valence-electron chi connectivity index (χ2n) is 4.58. The van der Waals surface area contributed by atoms with Gasteiger partial charge in [0.05, 0.1) is 0 Å². The van der Waals surface area contributed by atoms with E-state index in [9.17, 15) is 13.2 Å². The van der Waals surface area contributed by atoms with E-state index in [4.69, 9.17) is 0 Å². The zero-order chi connectivity index (χ0) is 15.2. The SMILES string of the molecule is CCNC(CSc1ccc(F)cc1)c1cc(F)cc(F)c1. The first-order valence-electron chi connectivity index (χ1n) is 6.66. The van der Waals surface area contributed by atoms with Gasteiger partial charge >= 0.3 is 0 Å². The summed E-state index contributed by atoms with van der Waals surface area (Å²) in [7, 11) is 0. The third-order valence-corrected chi connectivity index (χ3v) is 4.07. The standard InChI is InChI=1S/C16H16F3NS/c1-2-20-16(11-7-13(18)9-14(19)8-11)10-21-15-5-3-12(17)4-6-15/h3-9,16,20H,2,10H2,1H3. The van der Waals surface area contributed by atoms with Gasteiger partial charge in [0.1, 0.15) is 17.5 Å². The van der Waals surface area contributed by atoms with Crippen LogP contribution in [0.15, 0.2) is 47.4 Å². The lowest BCUT2D eigenvalue weighted by Gasteiger charge is -2.18. The van der Waals surface area contributed by atoms with Crippen molar-refractivity contribution in [3.63, 3.8) is 0 Å². The molecule has 0 heterocycles. The van der Waals surface area contributed by atoms with Crippen molar-refractivity contribution in [1.29, 1.82) is 0 Å². The van der Waals surface area contributed by atoms with Crippen LogP contribution in [0.2, 0.25) is 0 Å². The van der Waals surface area contributed by atoms with Crippen molar-refractivity contribution in [2.75, 3.05) is 12.3 Å². The second-order valence-corrected chi connectivity index (χ2v) is 5.67. The highest BCUT2D eigenvalue weighted by molar-refractivity contribution is 7.99. The van der Waals surface area contributed by atoms with Crippen molar-refractivity contribution in [1.82, 2.24) is 5.32 Å². The summed E-state index contributed by atoms with van der Waals surface area (Å²) in [6, 6.07) is 9.53. The molecule has 0 amide bonds.